The van der Waals surface area contributed by atoms with Crippen LogP contribution in [0.2, 0.25) is 0 Å². The molecule has 3 nitrogen and oxygen atoms in total. The van der Waals surface area contributed by atoms with E-state index in [1.165, 1.54) is 5.56 Å². The van der Waals surface area contributed by atoms with Crippen molar-refractivity contribution < 1.29 is 4.79 Å². The van der Waals surface area contributed by atoms with Gasteiger partial charge in [-0.05, 0) is 37.1 Å². The van der Waals surface area contributed by atoms with E-state index in [9.17, 15) is 4.79 Å². The van der Waals surface area contributed by atoms with Gasteiger partial charge in [-0.2, -0.15) is 0 Å². The molecule has 0 aromatic heterocycles. The fourth-order valence-corrected chi connectivity index (χ4v) is 1.90. The number of hydrogen-bond acceptors (Lipinski definition) is 2. The van der Waals surface area contributed by atoms with Gasteiger partial charge in [0.05, 0.1) is 6.04 Å². The molecule has 4 heteroatoms. The van der Waals surface area contributed by atoms with Gasteiger partial charge in [-0.25, -0.2) is 0 Å². The molecule has 1 unspecified atom stereocenters. The van der Waals surface area contributed by atoms with E-state index in [-0.39, 0.29) is 5.91 Å². The Hall–Kier alpha value is -0.870. The fraction of sp³-hybridized carbons (Fsp3) is 0.417. The predicted octanol–water partition coefficient (Wildman–Crippen LogP) is 2.06. The van der Waals surface area contributed by atoms with Gasteiger partial charge in [0.25, 0.3) is 0 Å². The Morgan fingerprint density at radius 1 is 1.56 bits per heavy atom. The maximum Gasteiger partial charge on any atom is 0.239 e. The number of halogens is 1. The monoisotopic (exact) mass is 284 g/mol. The topological polar surface area (TPSA) is 46.3 Å². The van der Waals surface area contributed by atoms with Crippen molar-refractivity contribution in [2.24, 2.45) is 5.73 Å². The number of hydrogen-bond donors (Lipinski definition) is 1. The molecular weight excluding hydrogens is 268 g/mol. The van der Waals surface area contributed by atoms with Crippen molar-refractivity contribution in [2.45, 2.75) is 26.4 Å². The van der Waals surface area contributed by atoms with E-state index >= 15 is 0 Å². The Kier molecular flexibility index (Phi) is 4.50. The van der Waals surface area contributed by atoms with Gasteiger partial charge in [0, 0.05) is 18.1 Å². The van der Waals surface area contributed by atoms with Gasteiger partial charge < -0.3 is 10.6 Å². The summed E-state index contributed by atoms with van der Waals surface area (Å²) in [6, 6.07) is 5.60. The zero-order valence-corrected chi connectivity index (χ0v) is 11.4. The zero-order valence-electron chi connectivity index (χ0n) is 9.83. The van der Waals surface area contributed by atoms with Gasteiger partial charge in [0.2, 0.25) is 5.91 Å². The molecule has 1 rings (SSSR count). The Morgan fingerprint density at radius 3 is 2.75 bits per heavy atom. The van der Waals surface area contributed by atoms with Crippen molar-refractivity contribution in [2.75, 3.05) is 7.05 Å². The number of amides is 1. The van der Waals surface area contributed by atoms with E-state index in [0.717, 1.165) is 10.0 Å². The highest BCUT2D eigenvalue weighted by molar-refractivity contribution is 9.10. The van der Waals surface area contributed by atoms with E-state index in [0.29, 0.717) is 6.54 Å². The molecule has 88 valence electrons. The van der Waals surface area contributed by atoms with Crippen molar-refractivity contribution >= 4 is 21.8 Å². The predicted molar refractivity (Wildman–Crippen MR) is 69.0 cm³/mol. The number of aryl methyl sites for hydroxylation is 1. The van der Waals surface area contributed by atoms with Crippen molar-refractivity contribution in [3.05, 3.63) is 33.8 Å². The molecule has 0 saturated heterocycles. The van der Waals surface area contributed by atoms with Gasteiger partial charge >= 0.3 is 0 Å². The van der Waals surface area contributed by atoms with E-state index in [2.05, 4.69) is 15.9 Å². The number of nitrogens with zero attached hydrogens (tertiary/aromatic N) is 1. The van der Waals surface area contributed by atoms with Crippen LogP contribution < -0.4 is 5.73 Å². The number of carbonyl (C=O) groups excluding carboxylic acids is 1. The van der Waals surface area contributed by atoms with Crippen molar-refractivity contribution in [3.8, 4) is 0 Å². The summed E-state index contributed by atoms with van der Waals surface area (Å²) in [6.45, 7) is 4.32. The molecule has 0 bridgehead atoms. The molecule has 0 saturated carbocycles. The summed E-state index contributed by atoms with van der Waals surface area (Å²) in [7, 11) is 1.77. The van der Waals surface area contributed by atoms with Gasteiger partial charge in [-0.3, -0.25) is 4.79 Å². The molecule has 0 aliphatic rings. The van der Waals surface area contributed by atoms with Crippen molar-refractivity contribution in [3.63, 3.8) is 0 Å². The van der Waals surface area contributed by atoms with Crippen LogP contribution >= 0.6 is 15.9 Å². The van der Waals surface area contributed by atoms with Crippen molar-refractivity contribution in [1.29, 1.82) is 0 Å². The lowest BCUT2D eigenvalue weighted by atomic mass is 10.1. The maximum atomic E-state index is 11.6. The Balaban J connectivity index is 2.80. The number of carbonyl (C=O) groups is 1. The zero-order chi connectivity index (χ0) is 12.3. The summed E-state index contributed by atoms with van der Waals surface area (Å²) in [5.41, 5.74) is 7.86. The minimum Gasteiger partial charge on any atom is -0.340 e. The van der Waals surface area contributed by atoms with Gasteiger partial charge in [-0.15, -0.1) is 0 Å². The summed E-state index contributed by atoms with van der Waals surface area (Å²) in [6.07, 6.45) is 0. The van der Waals surface area contributed by atoms with E-state index in [1.54, 1.807) is 18.9 Å². The summed E-state index contributed by atoms with van der Waals surface area (Å²) in [5.74, 6) is -0.0422. The molecule has 0 heterocycles. The lowest BCUT2D eigenvalue weighted by Crippen LogP contribution is -2.39. The smallest absolute Gasteiger partial charge is 0.239 e. The summed E-state index contributed by atoms with van der Waals surface area (Å²) < 4.78 is 1.02. The highest BCUT2D eigenvalue weighted by Crippen LogP contribution is 2.17. The van der Waals surface area contributed by atoms with E-state index in [1.807, 2.05) is 25.1 Å². The molecule has 16 heavy (non-hydrogen) atoms. The molecule has 1 atom stereocenters. The molecule has 0 fully saturated rings. The van der Waals surface area contributed by atoms with Crippen LogP contribution in [0.15, 0.2) is 22.7 Å². The minimum atomic E-state index is -0.447. The number of nitrogens with two attached hydrogens (primary N) is 1. The average molecular weight is 285 g/mol. The van der Waals surface area contributed by atoms with Crippen LogP contribution in [0.4, 0.5) is 0 Å². The summed E-state index contributed by atoms with van der Waals surface area (Å²) >= 11 is 3.42. The lowest BCUT2D eigenvalue weighted by molar-refractivity contribution is -0.131. The molecular formula is C12H17BrN2O. The first-order chi connectivity index (χ1) is 7.41. The standard InChI is InChI=1S/C12H17BrN2O/c1-8-4-5-11(13)6-10(8)7-15(3)12(16)9(2)14/h4-6,9H,7,14H2,1-3H3. The molecule has 0 spiro atoms. The number of rotatable bonds is 3. The molecule has 0 aliphatic carbocycles. The van der Waals surface area contributed by atoms with Crippen LogP contribution in [-0.4, -0.2) is 23.9 Å². The molecule has 1 aromatic carbocycles. The first-order valence-corrected chi connectivity index (χ1v) is 5.96. The van der Waals surface area contributed by atoms with Crippen LogP contribution in [-0.2, 0) is 11.3 Å². The molecule has 1 aromatic rings. The van der Waals surface area contributed by atoms with Crippen LogP contribution in [0.3, 0.4) is 0 Å². The minimum absolute atomic E-state index is 0.0422. The SMILES string of the molecule is Cc1ccc(Br)cc1CN(C)C(=O)C(C)N. The first kappa shape index (κ1) is 13.2. The van der Waals surface area contributed by atoms with Crippen LogP contribution in [0.1, 0.15) is 18.1 Å². The quantitative estimate of drug-likeness (QED) is 0.924. The van der Waals surface area contributed by atoms with E-state index in [4.69, 9.17) is 5.73 Å². The largest absolute Gasteiger partial charge is 0.340 e. The first-order valence-electron chi connectivity index (χ1n) is 5.17. The fourth-order valence-electron chi connectivity index (χ4n) is 1.49. The van der Waals surface area contributed by atoms with Gasteiger partial charge in [0.1, 0.15) is 0 Å². The third-order valence-electron chi connectivity index (χ3n) is 2.48. The van der Waals surface area contributed by atoms with Crippen LogP contribution in [0.25, 0.3) is 0 Å². The maximum absolute atomic E-state index is 11.6. The van der Waals surface area contributed by atoms with E-state index < -0.39 is 6.04 Å². The van der Waals surface area contributed by atoms with Gasteiger partial charge in [0.15, 0.2) is 0 Å². The molecule has 0 radical (unpaired) electrons. The van der Waals surface area contributed by atoms with Crippen LogP contribution in [0, 0.1) is 6.92 Å². The summed E-state index contributed by atoms with van der Waals surface area (Å²) in [5, 5.41) is 0. The van der Waals surface area contributed by atoms with Gasteiger partial charge in [-0.1, -0.05) is 22.0 Å². The normalized spacial score (nSPS) is 12.3. The van der Waals surface area contributed by atoms with Crippen LogP contribution in [0.5, 0.6) is 0 Å². The lowest BCUT2D eigenvalue weighted by Gasteiger charge is -2.20. The highest BCUT2D eigenvalue weighted by atomic mass is 79.9. The molecule has 2 N–H and O–H groups in total. The number of benzene rings is 1. The second-order valence-corrected chi connectivity index (χ2v) is 4.97. The van der Waals surface area contributed by atoms with Crippen molar-refractivity contribution in [1.82, 2.24) is 4.90 Å². The summed E-state index contributed by atoms with van der Waals surface area (Å²) in [4.78, 5) is 13.3. The average Bonchev–Trinajstić information content (AvgIpc) is 2.22. The Morgan fingerprint density at radius 2 is 2.19 bits per heavy atom. The Bertz CT molecular complexity index is 391. The number of likely N-dealkylation sites (N-methyl/N-ethyl adjacent to an activating group) is 1. The third kappa shape index (κ3) is 3.32. The second kappa shape index (κ2) is 5.46. The molecule has 0 aliphatic heterocycles. The second-order valence-electron chi connectivity index (χ2n) is 4.05. The third-order valence-corrected chi connectivity index (χ3v) is 2.98. The highest BCUT2D eigenvalue weighted by Gasteiger charge is 2.14. The molecule has 1 amide bonds. The Labute approximate surface area is 105 Å².